The van der Waals surface area contributed by atoms with Gasteiger partial charge in [0.25, 0.3) is 11.6 Å². The van der Waals surface area contributed by atoms with Gasteiger partial charge in [-0.15, -0.1) is 0 Å². The molecule has 0 unspecified atom stereocenters. The summed E-state index contributed by atoms with van der Waals surface area (Å²) in [4.78, 5) is 34.2. The Hall–Kier alpha value is -2.26. The lowest BCUT2D eigenvalue weighted by Gasteiger charge is -2.11. The van der Waals surface area contributed by atoms with E-state index < -0.39 is 23.4 Å². The number of hydrogen-bond acceptors (Lipinski definition) is 5. The van der Waals surface area contributed by atoms with Gasteiger partial charge in [-0.1, -0.05) is 18.2 Å². The molecule has 0 heterocycles. The molecule has 0 aliphatic heterocycles. The van der Waals surface area contributed by atoms with Crippen LogP contribution in [0, 0.1) is 17.0 Å². The van der Waals surface area contributed by atoms with Crippen LogP contribution in [0.25, 0.3) is 0 Å². The highest BCUT2D eigenvalue weighted by Gasteiger charge is 2.17. The van der Waals surface area contributed by atoms with E-state index in [-0.39, 0.29) is 17.7 Å². The summed E-state index contributed by atoms with van der Waals surface area (Å²) in [5, 5.41) is 13.6. The van der Waals surface area contributed by atoms with Crippen molar-refractivity contribution in [3.05, 3.63) is 66.6 Å². The molecule has 2 rings (SSSR count). The quantitative estimate of drug-likeness (QED) is 0.376. The van der Waals surface area contributed by atoms with Crippen LogP contribution in [0.15, 0.2) is 45.3 Å². The zero-order chi connectivity index (χ0) is 19.3. The molecular formula is C17H14Br2N2O5. The average molecular weight is 486 g/mol. The number of esters is 1. The Balaban J connectivity index is 1.94. The molecule has 1 amide bonds. The van der Waals surface area contributed by atoms with Crippen LogP contribution in [0.5, 0.6) is 0 Å². The van der Waals surface area contributed by atoms with Crippen LogP contribution in [-0.2, 0) is 20.7 Å². The first-order valence-electron chi connectivity index (χ1n) is 7.41. The molecule has 0 aromatic heterocycles. The summed E-state index contributed by atoms with van der Waals surface area (Å²) in [5.41, 5.74) is 1.58. The van der Waals surface area contributed by atoms with Crippen molar-refractivity contribution in [1.29, 1.82) is 0 Å². The van der Waals surface area contributed by atoms with Gasteiger partial charge in [-0.3, -0.25) is 19.7 Å². The number of ether oxygens (including phenoxy) is 1. The Bertz CT molecular complexity index is 847. The Kier molecular flexibility index (Phi) is 6.87. The van der Waals surface area contributed by atoms with Crippen LogP contribution >= 0.6 is 31.9 Å². The molecule has 0 radical (unpaired) electrons. The van der Waals surface area contributed by atoms with Crippen molar-refractivity contribution < 1.29 is 19.2 Å². The van der Waals surface area contributed by atoms with E-state index in [4.69, 9.17) is 4.74 Å². The molecule has 136 valence electrons. The van der Waals surface area contributed by atoms with E-state index in [0.717, 1.165) is 5.56 Å². The van der Waals surface area contributed by atoms with Crippen molar-refractivity contribution >= 4 is 55.1 Å². The van der Waals surface area contributed by atoms with E-state index in [9.17, 15) is 19.7 Å². The average Bonchev–Trinajstić information content (AvgIpc) is 2.56. The van der Waals surface area contributed by atoms with Gasteiger partial charge in [0.1, 0.15) is 0 Å². The first kappa shape index (κ1) is 20.1. The van der Waals surface area contributed by atoms with Crippen LogP contribution < -0.4 is 5.32 Å². The lowest BCUT2D eigenvalue weighted by molar-refractivity contribution is -0.385. The molecule has 0 aliphatic carbocycles. The van der Waals surface area contributed by atoms with E-state index in [2.05, 4.69) is 37.2 Å². The number of rotatable bonds is 6. The predicted octanol–water partition coefficient (Wildman–Crippen LogP) is 4.15. The Morgan fingerprint density at radius 3 is 2.42 bits per heavy atom. The number of para-hydroxylation sites is 1. The smallest absolute Gasteiger partial charge is 0.311 e. The van der Waals surface area contributed by atoms with Gasteiger partial charge >= 0.3 is 5.97 Å². The van der Waals surface area contributed by atoms with E-state index >= 15 is 0 Å². The van der Waals surface area contributed by atoms with Gasteiger partial charge in [0.2, 0.25) is 0 Å². The van der Waals surface area contributed by atoms with Gasteiger partial charge in [0, 0.05) is 20.6 Å². The van der Waals surface area contributed by atoms with Crippen molar-refractivity contribution in [1.82, 2.24) is 0 Å². The van der Waals surface area contributed by atoms with Gasteiger partial charge in [-0.25, -0.2) is 0 Å². The van der Waals surface area contributed by atoms with Gasteiger partial charge in [-0.05, 0) is 56.5 Å². The van der Waals surface area contributed by atoms with Gasteiger partial charge in [0.05, 0.1) is 17.0 Å². The summed E-state index contributed by atoms with van der Waals surface area (Å²) in [6.45, 7) is 1.41. The van der Waals surface area contributed by atoms with E-state index in [1.165, 1.54) is 18.2 Å². The molecule has 2 aromatic carbocycles. The lowest BCUT2D eigenvalue weighted by Crippen LogP contribution is -2.22. The van der Waals surface area contributed by atoms with Crippen molar-refractivity contribution in [2.75, 3.05) is 11.9 Å². The standard InChI is InChI=1S/C17H14Br2N2O5/c1-10-6-12(18)17(13(19)7-10)20-15(22)9-26-16(23)8-11-4-2-3-5-14(11)21(24)25/h2-7H,8-9H2,1H3,(H,20,22). The van der Waals surface area contributed by atoms with Gasteiger partial charge < -0.3 is 10.1 Å². The molecule has 0 fully saturated rings. The summed E-state index contributed by atoms with van der Waals surface area (Å²) in [5.74, 6) is -1.25. The molecule has 9 heteroatoms. The second-order valence-electron chi connectivity index (χ2n) is 5.38. The summed E-state index contributed by atoms with van der Waals surface area (Å²) in [7, 11) is 0. The third kappa shape index (κ3) is 5.37. The van der Waals surface area contributed by atoms with E-state index in [1.54, 1.807) is 6.07 Å². The van der Waals surface area contributed by atoms with Crippen molar-refractivity contribution in [3.8, 4) is 0 Å². The number of amides is 1. The molecule has 0 bridgehead atoms. The number of aryl methyl sites for hydroxylation is 1. The van der Waals surface area contributed by atoms with E-state index in [1.807, 2.05) is 19.1 Å². The Morgan fingerprint density at radius 1 is 1.19 bits per heavy atom. The number of carbonyl (C=O) groups excluding carboxylic acids is 2. The molecule has 0 atom stereocenters. The largest absolute Gasteiger partial charge is 0.455 e. The first-order chi connectivity index (χ1) is 12.3. The Labute approximate surface area is 166 Å². The zero-order valence-corrected chi connectivity index (χ0v) is 16.8. The maximum atomic E-state index is 12.0. The molecule has 0 saturated heterocycles. The first-order valence-corrected chi connectivity index (χ1v) is 9.00. The van der Waals surface area contributed by atoms with Crippen molar-refractivity contribution in [2.24, 2.45) is 0 Å². The number of carbonyl (C=O) groups is 2. The highest BCUT2D eigenvalue weighted by atomic mass is 79.9. The highest BCUT2D eigenvalue weighted by molar-refractivity contribution is 9.11. The maximum Gasteiger partial charge on any atom is 0.311 e. The molecule has 26 heavy (non-hydrogen) atoms. The number of benzene rings is 2. The van der Waals surface area contributed by atoms with Gasteiger partial charge in [0.15, 0.2) is 6.61 Å². The second kappa shape index (κ2) is 8.91. The number of nitro groups is 1. The fraction of sp³-hybridized carbons (Fsp3) is 0.176. The fourth-order valence-electron chi connectivity index (χ4n) is 2.19. The number of hydrogen-bond donors (Lipinski definition) is 1. The number of nitrogens with one attached hydrogen (secondary N) is 1. The number of nitrogens with zero attached hydrogens (tertiary/aromatic N) is 1. The van der Waals surface area contributed by atoms with Crippen LogP contribution in [-0.4, -0.2) is 23.4 Å². The number of halogens is 2. The number of nitro benzene ring substituents is 1. The third-order valence-electron chi connectivity index (χ3n) is 3.34. The molecular weight excluding hydrogens is 472 g/mol. The second-order valence-corrected chi connectivity index (χ2v) is 7.08. The zero-order valence-electron chi connectivity index (χ0n) is 13.6. The molecule has 0 saturated carbocycles. The van der Waals surface area contributed by atoms with Crippen LogP contribution in [0.3, 0.4) is 0 Å². The van der Waals surface area contributed by atoms with Crippen LogP contribution in [0.4, 0.5) is 11.4 Å². The molecule has 7 nitrogen and oxygen atoms in total. The molecule has 0 aliphatic rings. The highest BCUT2D eigenvalue weighted by Crippen LogP contribution is 2.32. The van der Waals surface area contributed by atoms with Crippen molar-refractivity contribution in [2.45, 2.75) is 13.3 Å². The SMILES string of the molecule is Cc1cc(Br)c(NC(=O)COC(=O)Cc2ccccc2[N+](=O)[O-])c(Br)c1. The third-order valence-corrected chi connectivity index (χ3v) is 4.59. The Morgan fingerprint density at radius 2 is 1.81 bits per heavy atom. The topological polar surface area (TPSA) is 98.5 Å². The summed E-state index contributed by atoms with van der Waals surface area (Å²) in [6, 6.07) is 9.55. The minimum absolute atomic E-state index is 0.165. The van der Waals surface area contributed by atoms with E-state index in [0.29, 0.717) is 14.6 Å². The summed E-state index contributed by atoms with van der Waals surface area (Å²) in [6.07, 6.45) is -0.289. The summed E-state index contributed by atoms with van der Waals surface area (Å²) < 4.78 is 6.28. The monoisotopic (exact) mass is 484 g/mol. The fourth-order valence-corrected chi connectivity index (χ4v) is 3.80. The van der Waals surface area contributed by atoms with Crippen LogP contribution in [0.2, 0.25) is 0 Å². The maximum absolute atomic E-state index is 12.0. The minimum Gasteiger partial charge on any atom is -0.455 e. The number of anilines is 1. The molecule has 1 N–H and O–H groups in total. The molecule has 2 aromatic rings. The molecule has 0 spiro atoms. The minimum atomic E-state index is -0.725. The predicted molar refractivity (Wildman–Crippen MR) is 103 cm³/mol. The van der Waals surface area contributed by atoms with Gasteiger partial charge in [-0.2, -0.15) is 0 Å². The van der Waals surface area contributed by atoms with Crippen molar-refractivity contribution in [3.63, 3.8) is 0 Å². The summed E-state index contributed by atoms with van der Waals surface area (Å²) >= 11 is 6.71. The van der Waals surface area contributed by atoms with Crippen LogP contribution in [0.1, 0.15) is 11.1 Å². The lowest BCUT2D eigenvalue weighted by atomic mass is 10.1. The normalized spacial score (nSPS) is 10.3.